The van der Waals surface area contributed by atoms with Crippen molar-refractivity contribution in [1.82, 2.24) is 10.4 Å². The fourth-order valence-electron chi connectivity index (χ4n) is 1.43. The lowest BCUT2D eigenvalue weighted by Gasteiger charge is -2.18. The molecule has 0 saturated heterocycles. The maximum absolute atomic E-state index is 12.3. The number of hydrogen-bond acceptors (Lipinski definition) is 4. The van der Waals surface area contributed by atoms with E-state index >= 15 is 0 Å². The topological polar surface area (TPSA) is 60.2 Å². The Morgan fingerprint density at radius 2 is 2.17 bits per heavy atom. The maximum Gasteiger partial charge on any atom is 0.390 e. The lowest BCUT2D eigenvalue weighted by molar-refractivity contribution is -0.140. The minimum atomic E-state index is -4.29. The summed E-state index contributed by atoms with van der Waals surface area (Å²) in [7, 11) is 0. The molecule has 0 spiro atoms. The first kappa shape index (κ1) is 14.7. The normalized spacial score (nSPS) is 13.4. The number of nitrogens with zero attached hydrogens (tertiary/aromatic N) is 1. The molecule has 0 radical (unpaired) electrons. The number of hydrogen-bond donors (Lipinski definition) is 2. The molecule has 1 atom stereocenters. The smallest absolute Gasteiger partial charge is 0.390 e. The molecule has 4 nitrogen and oxygen atoms in total. The molecule has 1 unspecified atom stereocenters. The van der Waals surface area contributed by atoms with Crippen LogP contribution in [0.2, 0.25) is 0 Å². The van der Waals surface area contributed by atoms with Crippen molar-refractivity contribution >= 4 is 0 Å². The zero-order valence-corrected chi connectivity index (χ0v) is 10.00. The van der Waals surface area contributed by atoms with Gasteiger partial charge in [0.05, 0.1) is 25.3 Å². The molecule has 102 valence electrons. The first-order valence-corrected chi connectivity index (χ1v) is 5.57. The van der Waals surface area contributed by atoms with Crippen molar-refractivity contribution in [2.24, 2.45) is 5.84 Å². The van der Waals surface area contributed by atoms with Crippen molar-refractivity contribution in [2.75, 3.05) is 6.61 Å². The Morgan fingerprint density at radius 1 is 1.44 bits per heavy atom. The zero-order valence-electron chi connectivity index (χ0n) is 10.00. The van der Waals surface area contributed by atoms with Crippen molar-refractivity contribution in [3.8, 4) is 5.75 Å². The number of nitrogens with one attached hydrogen (secondary N) is 1. The molecule has 0 aliphatic heterocycles. The predicted molar refractivity (Wildman–Crippen MR) is 60.8 cm³/mol. The Labute approximate surface area is 103 Å². The van der Waals surface area contributed by atoms with Gasteiger partial charge in [0, 0.05) is 6.20 Å². The summed E-state index contributed by atoms with van der Waals surface area (Å²) in [6.07, 6.45) is -1.74. The van der Waals surface area contributed by atoms with Crippen LogP contribution in [-0.2, 0) is 0 Å². The van der Waals surface area contributed by atoms with Crippen LogP contribution in [0.5, 0.6) is 5.75 Å². The third-order valence-electron chi connectivity index (χ3n) is 2.25. The van der Waals surface area contributed by atoms with Gasteiger partial charge in [0.25, 0.3) is 0 Å². The van der Waals surface area contributed by atoms with Crippen molar-refractivity contribution in [1.29, 1.82) is 0 Å². The number of hydrazine groups is 1. The summed E-state index contributed by atoms with van der Waals surface area (Å²) in [6, 6.07) is 0.488. The zero-order chi connectivity index (χ0) is 13.6. The fraction of sp³-hybridized carbons (Fsp3) is 0.545. The molecule has 1 heterocycles. The van der Waals surface area contributed by atoms with E-state index in [0.717, 1.165) is 6.42 Å². The van der Waals surface area contributed by atoms with Gasteiger partial charge >= 0.3 is 6.18 Å². The third kappa shape index (κ3) is 4.89. The highest BCUT2D eigenvalue weighted by molar-refractivity contribution is 5.26. The van der Waals surface area contributed by atoms with Gasteiger partial charge in [-0.25, -0.2) is 0 Å². The van der Waals surface area contributed by atoms with Crippen LogP contribution in [0.4, 0.5) is 13.2 Å². The number of alkyl halides is 3. The summed E-state index contributed by atoms with van der Waals surface area (Å²) in [4.78, 5) is 3.85. The van der Waals surface area contributed by atoms with Gasteiger partial charge in [-0.3, -0.25) is 16.3 Å². The summed E-state index contributed by atoms with van der Waals surface area (Å²) >= 11 is 0. The van der Waals surface area contributed by atoms with Crippen LogP contribution in [0.25, 0.3) is 0 Å². The quantitative estimate of drug-likeness (QED) is 0.611. The number of nitrogens with two attached hydrogens (primary N) is 1. The lowest BCUT2D eigenvalue weighted by Crippen LogP contribution is -2.31. The van der Waals surface area contributed by atoms with Crippen LogP contribution in [0, 0.1) is 0 Å². The van der Waals surface area contributed by atoms with Crippen LogP contribution >= 0.6 is 0 Å². The van der Waals surface area contributed by atoms with E-state index in [2.05, 4.69) is 10.4 Å². The van der Waals surface area contributed by atoms with Crippen LogP contribution < -0.4 is 16.0 Å². The van der Waals surface area contributed by atoms with E-state index < -0.39 is 18.6 Å². The van der Waals surface area contributed by atoms with Crippen molar-refractivity contribution in [2.45, 2.75) is 32.0 Å². The maximum atomic E-state index is 12.3. The highest BCUT2D eigenvalue weighted by Gasteiger charge is 2.32. The summed E-state index contributed by atoms with van der Waals surface area (Å²) in [5, 5.41) is 0. The van der Waals surface area contributed by atoms with Gasteiger partial charge < -0.3 is 4.74 Å². The Hall–Kier alpha value is -1.34. The fourth-order valence-corrected chi connectivity index (χ4v) is 1.43. The number of halogens is 3. The monoisotopic (exact) mass is 263 g/mol. The number of pyridine rings is 1. The number of ether oxygens (including phenoxy) is 1. The molecule has 3 N–H and O–H groups in total. The van der Waals surface area contributed by atoms with E-state index in [9.17, 15) is 13.2 Å². The average molecular weight is 263 g/mol. The molecule has 18 heavy (non-hydrogen) atoms. The minimum absolute atomic E-state index is 0.350. The van der Waals surface area contributed by atoms with Gasteiger partial charge in [-0.15, -0.1) is 0 Å². The Balaban J connectivity index is 2.79. The molecule has 0 aromatic carbocycles. The highest BCUT2D eigenvalue weighted by atomic mass is 19.4. The molecule has 1 aromatic rings. The molecule has 1 aromatic heterocycles. The van der Waals surface area contributed by atoms with Gasteiger partial charge in [-0.05, 0) is 18.1 Å². The van der Waals surface area contributed by atoms with Crippen LogP contribution in [0.1, 0.15) is 31.4 Å². The highest BCUT2D eigenvalue weighted by Crippen LogP contribution is 2.29. The summed E-state index contributed by atoms with van der Waals surface area (Å²) < 4.78 is 42.3. The summed E-state index contributed by atoms with van der Waals surface area (Å²) in [5.41, 5.74) is 2.49. The molecule has 0 amide bonds. The molecule has 0 aliphatic rings. The van der Waals surface area contributed by atoms with E-state index in [0.29, 0.717) is 17.9 Å². The second-order valence-electron chi connectivity index (χ2n) is 3.84. The second-order valence-corrected chi connectivity index (χ2v) is 3.84. The average Bonchev–Trinajstić information content (AvgIpc) is 2.32. The van der Waals surface area contributed by atoms with Gasteiger partial charge in [0.1, 0.15) is 5.75 Å². The van der Waals surface area contributed by atoms with E-state index in [1.54, 1.807) is 0 Å². The molecule has 0 bridgehead atoms. The van der Waals surface area contributed by atoms with E-state index in [1.165, 1.54) is 18.5 Å². The van der Waals surface area contributed by atoms with Gasteiger partial charge in [0.15, 0.2) is 0 Å². The molecular weight excluding hydrogens is 247 g/mol. The third-order valence-corrected chi connectivity index (χ3v) is 2.25. The van der Waals surface area contributed by atoms with Crippen molar-refractivity contribution in [3.63, 3.8) is 0 Å². The van der Waals surface area contributed by atoms with Crippen LogP contribution in [0.15, 0.2) is 18.5 Å². The summed E-state index contributed by atoms with van der Waals surface area (Å²) in [6.45, 7) is 2.43. The van der Waals surface area contributed by atoms with Gasteiger partial charge in [-0.1, -0.05) is 6.92 Å². The van der Waals surface area contributed by atoms with Crippen LogP contribution in [0.3, 0.4) is 0 Å². The van der Waals surface area contributed by atoms with Crippen molar-refractivity contribution in [3.05, 3.63) is 24.0 Å². The van der Waals surface area contributed by atoms with Gasteiger partial charge in [0.2, 0.25) is 0 Å². The lowest BCUT2D eigenvalue weighted by atomic mass is 10.1. The van der Waals surface area contributed by atoms with E-state index in [-0.39, 0.29) is 0 Å². The number of aromatic nitrogens is 1. The van der Waals surface area contributed by atoms with E-state index in [4.69, 9.17) is 10.6 Å². The largest absolute Gasteiger partial charge is 0.492 e. The SMILES string of the molecule is CCCOc1cncc(C(CC(F)(F)F)NN)c1. The first-order chi connectivity index (χ1) is 8.46. The molecule has 0 aliphatic carbocycles. The standard InChI is InChI=1S/C11H16F3N3O/c1-2-3-18-9-4-8(6-16-7-9)10(17-15)5-11(12,13)14/h4,6-7,10,17H,2-3,5,15H2,1H3. The number of rotatable bonds is 6. The Morgan fingerprint density at radius 3 is 2.72 bits per heavy atom. The van der Waals surface area contributed by atoms with Crippen molar-refractivity contribution < 1.29 is 17.9 Å². The van der Waals surface area contributed by atoms with E-state index in [1.807, 2.05) is 6.92 Å². The molecule has 1 rings (SSSR count). The molecule has 0 saturated carbocycles. The van der Waals surface area contributed by atoms with Gasteiger partial charge in [-0.2, -0.15) is 13.2 Å². The Kier molecular flexibility index (Phi) is 5.36. The molecule has 7 heteroatoms. The predicted octanol–water partition coefficient (Wildman–Crippen LogP) is 2.33. The first-order valence-electron chi connectivity index (χ1n) is 5.57. The van der Waals surface area contributed by atoms with Crippen LogP contribution in [-0.4, -0.2) is 17.8 Å². The minimum Gasteiger partial charge on any atom is -0.492 e. The molecular formula is C11H16F3N3O. The Bertz CT molecular complexity index is 371. The molecule has 0 fully saturated rings. The second kappa shape index (κ2) is 6.55. The summed E-state index contributed by atoms with van der Waals surface area (Å²) in [5.74, 6) is 5.59.